The Morgan fingerprint density at radius 1 is 1.29 bits per heavy atom. The average molecular weight is 202 g/mol. The molecule has 0 unspecified atom stereocenters. The van der Waals surface area contributed by atoms with Crippen LogP contribution < -0.4 is 0 Å². The third kappa shape index (κ3) is 2.06. The lowest BCUT2D eigenvalue weighted by Crippen LogP contribution is -1.92. The minimum absolute atomic E-state index is 0.811. The fourth-order valence-electron chi connectivity index (χ4n) is 1.16. The first-order valence-electron chi connectivity index (χ1n) is 4.36. The Kier molecular flexibility index (Phi) is 2.70. The lowest BCUT2D eigenvalue weighted by molar-refractivity contribution is 1.35. The molecule has 0 aliphatic carbocycles. The van der Waals surface area contributed by atoms with Gasteiger partial charge in [-0.05, 0) is 12.5 Å². The molecule has 0 atom stereocenters. The van der Waals surface area contributed by atoms with E-state index in [1.807, 2.05) is 42.6 Å². The maximum absolute atomic E-state index is 4.41. The predicted molar refractivity (Wildman–Crippen MR) is 60.4 cm³/mol. The van der Waals surface area contributed by atoms with Gasteiger partial charge in [-0.3, -0.25) is 0 Å². The van der Waals surface area contributed by atoms with Gasteiger partial charge < -0.3 is 0 Å². The number of aromatic nitrogens is 1. The van der Waals surface area contributed by atoms with Crippen LogP contribution in [0.1, 0.15) is 12.5 Å². The van der Waals surface area contributed by atoms with Gasteiger partial charge in [0, 0.05) is 17.3 Å². The Bertz CT molecular complexity index is 418. The van der Waals surface area contributed by atoms with E-state index < -0.39 is 0 Å². The molecule has 0 saturated heterocycles. The minimum Gasteiger partial charge on any atom is -0.227 e. The van der Waals surface area contributed by atoms with Crippen molar-refractivity contribution in [2.75, 3.05) is 0 Å². The summed E-state index contributed by atoms with van der Waals surface area (Å²) < 4.78 is 0. The van der Waals surface area contributed by atoms with Crippen LogP contribution in [0.5, 0.6) is 0 Å². The normalized spacial score (nSPS) is 11.6. The Labute approximate surface area is 87.0 Å². The molecule has 3 heteroatoms. The largest absolute Gasteiger partial charge is 0.227 e. The molecular weight excluding hydrogens is 192 g/mol. The van der Waals surface area contributed by atoms with Crippen molar-refractivity contribution in [3.8, 4) is 0 Å². The van der Waals surface area contributed by atoms with Crippen molar-refractivity contribution >= 4 is 22.2 Å². The van der Waals surface area contributed by atoms with E-state index in [-0.39, 0.29) is 0 Å². The van der Waals surface area contributed by atoms with E-state index in [1.54, 1.807) is 17.5 Å². The molecule has 0 amide bonds. The van der Waals surface area contributed by atoms with E-state index in [9.17, 15) is 0 Å². The van der Waals surface area contributed by atoms with Crippen LogP contribution in [0.3, 0.4) is 0 Å². The summed E-state index contributed by atoms with van der Waals surface area (Å²) in [6, 6.07) is 10.1. The molecule has 0 aliphatic heterocycles. The summed E-state index contributed by atoms with van der Waals surface area (Å²) in [7, 11) is 0. The maximum Gasteiger partial charge on any atom is 0.209 e. The molecule has 2 nitrogen and oxygen atoms in total. The highest BCUT2D eigenvalue weighted by Gasteiger charge is 1.97. The van der Waals surface area contributed by atoms with Gasteiger partial charge in [0.2, 0.25) is 5.13 Å². The van der Waals surface area contributed by atoms with Gasteiger partial charge in [-0.25, -0.2) is 9.98 Å². The second-order valence-electron chi connectivity index (χ2n) is 2.88. The number of hydrogen-bond donors (Lipinski definition) is 0. The van der Waals surface area contributed by atoms with Crippen LogP contribution in [0.4, 0.5) is 5.13 Å². The smallest absolute Gasteiger partial charge is 0.209 e. The number of thiazole rings is 1. The summed E-state index contributed by atoms with van der Waals surface area (Å²) in [5, 5.41) is 2.74. The van der Waals surface area contributed by atoms with Crippen molar-refractivity contribution in [2.24, 2.45) is 4.99 Å². The fraction of sp³-hybridized carbons (Fsp3) is 0.0909. The molecule has 14 heavy (non-hydrogen) atoms. The number of nitrogens with zero attached hydrogens (tertiary/aromatic N) is 2. The third-order valence-electron chi connectivity index (χ3n) is 1.87. The van der Waals surface area contributed by atoms with Crippen LogP contribution in [-0.4, -0.2) is 10.7 Å². The number of benzene rings is 1. The monoisotopic (exact) mass is 202 g/mol. The molecular formula is C11H10N2S. The van der Waals surface area contributed by atoms with E-state index in [1.165, 1.54) is 0 Å². The Morgan fingerprint density at radius 2 is 2.07 bits per heavy atom. The molecule has 0 spiro atoms. The van der Waals surface area contributed by atoms with Gasteiger partial charge >= 0.3 is 0 Å². The van der Waals surface area contributed by atoms with Crippen molar-refractivity contribution in [2.45, 2.75) is 6.92 Å². The second kappa shape index (κ2) is 4.15. The van der Waals surface area contributed by atoms with Gasteiger partial charge in [-0.15, -0.1) is 11.3 Å². The highest BCUT2D eigenvalue weighted by Crippen LogP contribution is 2.16. The molecule has 2 aromatic rings. The molecule has 0 aliphatic rings. The van der Waals surface area contributed by atoms with Crippen LogP contribution in [0, 0.1) is 0 Å². The van der Waals surface area contributed by atoms with Gasteiger partial charge in [0.1, 0.15) is 0 Å². The van der Waals surface area contributed by atoms with Gasteiger partial charge in [0.25, 0.3) is 0 Å². The first-order chi connectivity index (χ1) is 6.86. The zero-order valence-electron chi connectivity index (χ0n) is 7.84. The SMILES string of the molecule is C/C(=N/c1nccs1)c1ccccc1. The molecule has 0 bridgehead atoms. The van der Waals surface area contributed by atoms with E-state index in [0.29, 0.717) is 0 Å². The van der Waals surface area contributed by atoms with Crippen LogP contribution in [0.15, 0.2) is 46.9 Å². The van der Waals surface area contributed by atoms with E-state index in [0.717, 1.165) is 16.4 Å². The topological polar surface area (TPSA) is 25.2 Å². The number of hydrogen-bond acceptors (Lipinski definition) is 3. The van der Waals surface area contributed by atoms with Crippen LogP contribution in [0.2, 0.25) is 0 Å². The molecule has 2 rings (SSSR count). The zero-order valence-corrected chi connectivity index (χ0v) is 8.66. The Balaban J connectivity index is 2.29. The molecule has 1 heterocycles. The molecule has 0 saturated carbocycles. The van der Waals surface area contributed by atoms with Gasteiger partial charge in [-0.2, -0.15) is 0 Å². The zero-order chi connectivity index (χ0) is 9.80. The van der Waals surface area contributed by atoms with Crippen molar-refractivity contribution in [1.29, 1.82) is 0 Å². The maximum atomic E-state index is 4.41. The number of aliphatic imine (C=N–C) groups is 1. The van der Waals surface area contributed by atoms with E-state index in [4.69, 9.17) is 0 Å². The molecule has 1 aromatic carbocycles. The summed E-state index contributed by atoms with van der Waals surface area (Å²) in [4.78, 5) is 8.53. The van der Waals surface area contributed by atoms with Crippen LogP contribution in [-0.2, 0) is 0 Å². The van der Waals surface area contributed by atoms with Crippen molar-refractivity contribution in [3.05, 3.63) is 47.5 Å². The summed E-state index contributed by atoms with van der Waals surface area (Å²) >= 11 is 1.55. The molecule has 0 fully saturated rings. The summed E-state index contributed by atoms with van der Waals surface area (Å²) in [6.45, 7) is 2.00. The lowest BCUT2D eigenvalue weighted by Gasteiger charge is -1.97. The lowest BCUT2D eigenvalue weighted by atomic mass is 10.1. The Hall–Kier alpha value is -1.48. The number of rotatable bonds is 2. The first kappa shape index (κ1) is 9.09. The predicted octanol–water partition coefficient (Wildman–Crippen LogP) is 3.28. The molecule has 1 aromatic heterocycles. The van der Waals surface area contributed by atoms with Crippen molar-refractivity contribution in [1.82, 2.24) is 4.98 Å². The third-order valence-corrected chi connectivity index (χ3v) is 2.54. The summed E-state index contributed by atoms with van der Waals surface area (Å²) in [5.74, 6) is 0. The second-order valence-corrected chi connectivity index (χ2v) is 3.75. The standard InChI is InChI=1S/C11H10N2S/c1-9(10-5-3-2-4-6-10)13-11-12-7-8-14-11/h2-8H,1H3/b13-9-. The minimum atomic E-state index is 0.811. The summed E-state index contributed by atoms with van der Waals surface area (Å²) in [5.41, 5.74) is 2.14. The van der Waals surface area contributed by atoms with Gasteiger partial charge in [0.05, 0.1) is 0 Å². The quantitative estimate of drug-likeness (QED) is 0.686. The summed E-state index contributed by atoms with van der Waals surface area (Å²) in [6.07, 6.45) is 1.77. The van der Waals surface area contributed by atoms with Crippen molar-refractivity contribution in [3.63, 3.8) is 0 Å². The Morgan fingerprint density at radius 3 is 2.71 bits per heavy atom. The van der Waals surface area contributed by atoms with Crippen LogP contribution in [0.25, 0.3) is 0 Å². The highest BCUT2D eigenvalue weighted by atomic mass is 32.1. The van der Waals surface area contributed by atoms with Gasteiger partial charge in [0.15, 0.2) is 0 Å². The first-order valence-corrected chi connectivity index (χ1v) is 5.24. The van der Waals surface area contributed by atoms with Crippen molar-refractivity contribution < 1.29 is 0 Å². The fourth-order valence-corrected chi connectivity index (χ4v) is 1.71. The molecule has 0 radical (unpaired) electrons. The molecule has 0 N–H and O–H groups in total. The molecule has 70 valence electrons. The average Bonchev–Trinajstić information content (AvgIpc) is 2.72. The van der Waals surface area contributed by atoms with E-state index in [2.05, 4.69) is 9.98 Å². The van der Waals surface area contributed by atoms with Crippen LogP contribution >= 0.6 is 11.3 Å². The highest BCUT2D eigenvalue weighted by molar-refractivity contribution is 7.13. The van der Waals surface area contributed by atoms with Gasteiger partial charge in [-0.1, -0.05) is 30.3 Å². The van der Waals surface area contributed by atoms with E-state index >= 15 is 0 Å².